The molecule has 0 radical (unpaired) electrons. The normalized spacial score (nSPS) is 9.80. The zero-order chi connectivity index (χ0) is 11.3. The van der Waals surface area contributed by atoms with Crippen molar-refractivity contribution in [3.8, 4) is 0 Å². The van der Waals surface area contributed by atoms with E-state index in [0.717, 1.165) is 5.56 Å². The minimum atomic E-state index is -1.44. The lowest BCUT2D eigenvalue weighted by Crippen LogP contribution is -2.30. The molecular formula is C10H14BNO3. The first-order chi connectivity index (χ1) is 7.09. The molecule has 0 bridgehead atoms. The van der Waals surface area contributed by atoms with Crippen LogP contribution in [0.15, 0.2) is 24.3 Å². The quantitative estimate of drug-likeness (QED) is 0.557. The molecule has 0 unspecified atom stereocenters. The Hall–Kier alpha value is -1.33. The maximum absolute atomic E-state index is 10.6. The molecule has 1 amide bonds. The second kappa shape index (κ2) is 5.53. The number of carbonyl (C=O) groups is 1. The predicted molar refractivity (Wildman–Crippen MR) is 58.7 cm³/mol. The Kier molecular flexibility index (Phi) is 4.33. The van der Waals surface area contributed by atoms with Crippen LogP contribution in [0.2, 0.25) is 0 Å². The minimum absolute atomic E-state index is 0.0617. The molecule has 1 rings (SSSR count). The molecule has 1 aromatic carbocycles. The zero-order valence-electron chi connectivity index (χ0n) is 8.60. The summed E-state index contributed by atoms with van der Waals surface area (Å²) in [5.74, 6) is -0.0617. The van der Waals surface area contributed by atoms with Crippen LogP contribution in [0, 0.1) is 0 Å². The van der Waals surface area contributed by atoms with Gasteiger partial charge in [-0.1, -0.05) is 24.3 Å². The summed E-state index contributed by atoms with van der Waals surface area (Å²) in [7, 11) is -1.44. The van der Waals surface area contributed by atoms with Crippen molar-refractivity contribution in [3.05, 3.63) is 29.8 Å². The number of nitrogens with one attached hydrogen (secondary N) is 1. The van der Waals surface area contributed by atoms with Gasteiger partial charge in [0.05, 0.1) is 0 Å². The van der Waals surface area contributed by atoms with Gasteiger partial charge in [-0.2, -0.15) is 0 Å². The van der Waals surface area contributed by atoms with Gasteiger partial charge in [-0.3, -0.25) is 4.79 Å². The van der Waals surface area contributed by atoms with Gasteiger partial charge in [-0.25, -0.2) is 0 Å². The summed E-state index contributed by atoms with van der Waals surface area (Å²) in [4.78, 5) is 10.6. The fourth-order valence-corrected chi connectivity index (χ4v) is 1.29. The molecule has 3 N–H and O–H groups in total. The van der Waals surface area contributed by atoms with E-state index >= 15 is 0 Å². The number of benzene rings is 1. The van der Waals surface area contributed by atoms with Gasteiger partial charge in [0.25, 0.3) is 0 Å². The monoisotopic (exact) mass is 207 g/mol. The van der Waals surface area contributed by atoms with Crippen LogP contribution in [0.5, 0.6) is 0 Å². The number of amides is 1. The van der Waals surface area contributed by atoms with Crippen molar-refractivity contribution in [2.24, 2.45) is 0 Å². The predicted octanol–water partition coefficient (Wildman–Crippen LogP) is -0.955. The molecule has 0 fully saturated rings. The second-order valence-electron chi connectivity index (χ2n) is 3.35. The third-order valence-electron chi connectivity index (χ3n) is 2.04. The lowest BCUT2D eigenvalue weighted by Gasteiger charge is -2.05. The Labute approximate surface area is 89.1 Å². The van der Waals surface area contributed by atoms with E-state index in [9.17, 15) is 4.79 Å². The van der Waals surface area contributed by atoms with E-state index in [1.807, 2.05) is 6.07 Å². The SMILES string of the molecule is CC(=O)NCCc1cccc(B(O)O)c1. The van der Waals surface area contributed by atoms with E-state index in [-0.39, 0.29) is 5.91 Å². The largest absolute Gasteiger partial charge is 0.488 e. The van der Waals surface area contributed by atoms with Gasteiger partial charge in [0.15, 0.2) is 0 Å². The number of hydrogen-bond donors (Lipinski definition) is 3. The van der Waals surface area contributed by atoms with E-state index in [1.165, 1.54) is 6.92 Å². The molecule has 0 saturated heterocycles. The van der Waals surface area contributed by atoms with Crippen molar-refractivity contribution in [1.29, 1.82) is 0 Å². The molecule has 0 aliphatic rings. The average Bonchev–Trinajstić information content (AvgIpc) is 2.17. The van der Waals surface area contributed by atoms with Crippen LogP contribution in [0.25, 0.3) is 0 Å². The third kappa shape index (κ3) is 4.14. The van der Waals surface area contributed by atoms with Crippen molar-refractivity contribution in [2.75, 3.05) is 6.54 Å². The fraction of sp³-hybridized carbons (Fsp3) is 0.300. The van der Waals surface area contributed by atoms with Gasteiger partial charge in [0.2, 0.25) is 5.91 Å². The molecular weight excluding hydrogens is 193 g/mol. The highest BCUT2D eigenvalue weighted by Crippen LogP contribution is 1.97. The van der Waals surface area contributed by atoms with Crippen LogP contribution in [-0.2, 0) is 11.2 Å². The Balaban J connectivity index is 2.54. The van der Waals surface area contributed by atoms with Crippen molar-refractivity contribution in [2.45, 2.75) is 13.3 Å². The summed E-state index contributed by atoms with van der Waals surface area (Å²) in [6.45, 7) is 2.02. The fourth-order valence-electron chi connectivity index (χ4n) is 1.29. The maximum Gasteiger partial charge on any atom is 0.488 e. The van der Waals surface area contributed by atoms with Gasteiger partial charge in [0, 0.05) is 13.5 Å². The molecule has 0 saturated carbocycles. The molecule has 0 aliphatic carbocycles. The van der Waals surface area contributed by atoms with Crippen LogP contribution in [0.3, 0.4) is 0 Å². The maximum atomic E-state index is 10.6. The summed E-state index contributed by atoms with van der Waals surface area (Å²) in [6, 6.07) is 7.00. The summed E-state index contributed by atoms with van der Waals surface area (Å²) in [5, 5.41) is 20.6. The Morgan fingerprint density at radius 2 is 2.20 bits per heavy atom. The third-order valence-corrected chi connectivity index (χ3v) is 2.04. The zero-order valence-corrected chi connectivity index (χ0v) is 8.60. The highest BCUT2D eigenvalue weighted by Gasteiger charge is 2.10. The van der Waals surface area contributed by atoms with E-state index < -0.39 is 7.12 Å². The van der Waals surface area contributed by atoms with E-state index in [1.54, 1.807) is 18.2 Å². The molecule has 0 aromatic heterocycles. The molecule has 0 spiro atoms. The first-order valence-corrected chi connectivity index (χ1v) is 4.79. The van der Waals surface area contributed by atoms with E-state index in [2.05, 4.69) is 5.32 Å². The van der Waals surface area contributed by atoms with Crippen molar-refractivity contribution in [3.63, 3.8) is 0 Å². The molecule has 5 heteroatoms. The molecule has 4 nitrogen and oxygen atoms in total. The molecule has 0 aliphatic heterocycles. The van der Waals surface area contributed by atoms with Gasteiger partial charge >= 0.3 is 7.12 Å². The van der Waals surface area contributed by atoms with E-state index in [4.69, 9.17) is 10.0 Å². The van der Waals surface area contributed by atoms with Gasteiger partial charge < -0.3 is 15.4 Å². The minimum Gasteiger partial charge on any atom is -0.423 e. The smallest absolute Gasteiger partial charge is 0.423 e. The summed E-state index contributed by atoms with van der Waals surface area (Å²) < 4.78 is 0. The standard InChI is InChI=1S/C10H14BNO3/c1-8(13)12-6-5-9-3-2-4-10(7-9)11(14)15/h2-4,7,14-15H,5-6H2,1H3,(H,12,13). The van der Waals surface area contributed by atoms with Gasteiger partial charge in [-0.15, -0.1) is 0 Å². The van der Waals surface area contributed by atoms with Crippen LogP contribution in [0.1, 0.15) is 12.5 Å². The molecule has 15 heavy (non-hydrogen) atoms. The topological polar surface area (TPSA) is 69.6 Å². The van der Waals surface area contributed by atoms with Gasteiger partial charge in [0.1, 0.15) is 0 Å². The van der Waals surface area contributed by atoms with Crippen molar-refractivity contribution >= 4 is 18.5 Å². The lowest BCUT2D eigenvalue weighted by molar-refractivity contribution is -0.118. The van der Waals surface area contributed by atoms with Crippen molar-refractivity contribution in [1.82, 2.24) is 5.32 Å². The first kappa shape index (κ1) is 11.7. The molecule has 0 heterocycles. The second-order valence-corrected chi connectivity index (χ2v) is 3.35. The first-order valence-electron chi connectivity index (χ1n) is 4.79. The molecule has 0 atom stereocenters. The van der Waals surface area contributed by atoms with Crippen LogP contribution in [0.4, 0.5) is 0 Å². The number of hydrogen-bond acceptors (Lipinski definition) is 3. The highest BCUT2D eigenvalue weighted by atomic mass is 16.4. The Bertz CT molecular complexity index is 341. The van der Waals surface area contributed by atoms with Gasteiger partial charge in [-0.05, 0) is 17.4 Å². The number of carbonyl (C=O) groups excluding carboxylic acids is 1. The summed E-state index contributed by atoms with van der Waals surface area (Å²) in [5.41, 5.74) is 1.43. The molecule has 1 aromatic rings. The Morgan fingerprint density at radius 1 is 1.47 bits per heavy atom. The summed E-state index contributed by atoms with van der Waals surface area (Å²) >= 11 is 0. The summed E-state index contributed by atoms with van der Waals surface area (Å²) in [6.07, 6.45) is 0.681. The average molecular weight is 207 g/mol. The van der Waals surface area contributed by atoms with Crippen molar-refractivity contribution < 1.29 is 14.8 Å². The Morgan fingerprint density at radius 3 is 2.80 bits per heavy atom. The van der Waals surface area contributed by atoms with Crippen LogP contribution < -0.4 is 10.8 Å². The van der Waals surface area contributed by atoms with Crippen LogP contribution in [-0.4, -0.2) is 29.6 Å². The highest BCUT2D eigenvalue weighted by molar-refractivity contribution is 6.58. The lowest BCUT2D eigenvalue weighted by atomic mass is 9.79. The van der Waals surface area contributed by atoms with Crippen LogP contribution >= 0.6 is 0 Å². The molecule has 80 valence electrons. The van der Waals surface area contributed by atoms with E-state index in [0.29, 0.717) is 18.4 Å². The number of rotatable bonds is 4.